The highest BCUT2D eigenvalue weighted by Gasteiger charge is 2.06. The second-order valence-corrected chi connectivity index (χ2v) is 6.10. The fraction of sp³-hybridized carbons (Fsp3) is 0.353. The Labute approximate surface area is 130 Å². The van der Waals surface area contributed by atoms with Crippen LogP contribution in [0.5, 0.6) is 0 Å². The molecule has 0 aliphatic heterocycles. The molecule has 0 amide bonds. The summed E-state index contributed by atoms with van der Waals surface area (Å²) in [4.78, 5) is 13.5. The van der Waals surface area contributed by atoms with Crippen LogP contribution in [0.15, 0.2) is 36.4 Å². The molecule has 21 heavy (non-hydrogen) atoms. The molecule has 4 heteroatoms. The number of hydrogen-bond acceptors (Lipinski definition) is 4. The van der Waals surface area contributed by atoms with E-state index in [1.165, 1.54) is 23.1 Å². The number of benzene rings is 1. The predicted molar refractivity (Wildman–Crippen MR) is 86.4 cm³/mol. The zero-order chi connectivity index (χ0) is 15.1. The highest BCUT2D eigenvalue weighted by molar-refractivity contribution is 7.12. The summed E-state index contributed by atoms with van der Waals surface area (Å²) < 4.78 is 4.68. The Morgan fingerprint density at radius 3 is 2.52 bits per heavy atom. The number of ether oxygens (including phenoxy) is 1. The first-order valence-corrected chi connectivity index (χ1v) is 7.96. The van der Waals surface area contributed by atoms with Crippen molar-refractivity contribution in [2.24, 2.45) is 0 Å². The van der Waals surface area contributed by atoms with E-state index < -0.39 is 0 Å². The van der Waals surface area contributed by atoms with E-state index in [1.807, 2.05) is 6.07 Å². The van der Waals surface area contributed by atoms with Crippen LogP contribution in [0.2, 0.25) is 0 Å². The molecule has 0 spiro atoms. The van der Waals surface area contributed by atoms with E-state index in [1.54, 1.807) is 11.3 Å². The normalized spacial score (nSPS) is 10.6. The van der Waals surface area contributed by atoms with Gasteiger partial charge >= 0.3 is 5.97 Å². The Morgan fingerprint density at radius 1 is 1.10 bits per heavy atom. The third-order valence-electron chi connectivity index (χ3n) is 3.38. The lowest BCUT2D eigenvalue weighted by molar-refractivity contribution is -0.139. The molecule has 1 aromatic carbocycles. The molecule has 0 bridgehead atoms. The lowest BCUT2D eigenvalue weighted by atomic mass is 10.1. The Kier molecular flexibility index (Phi) is 5.96. The van der Waals surface area contributed by atoms with Crippen LogP contribution in [-0.2, 0) is 35.5 Å². The minimum atomic E-state index is -0.187. The summed E-state index contributed by atoms with van der Waals surface area (Å²) in [5, 5.41) is 3.47. The summed E-state index contributed by atoms with van der Waals surface area (Å²) in [7, 11) is 1.42. The van der Waals surface area contributed by atoms with E-state index in [0.717, 1.165) is 24.4 Å². The minimum absolute atomic E-state index is 0.187. The summed E-state index contributed by atoms with van der Waals surface area (Å²) in [6.45, 7) is 3.87. The number of methoxy groups -OCH3 is 1. The van der Waals surface area contributed by atoms with Crippen LogP contribution in [0.25, 0.3) is 0 Å². The van der Waals surface area contributed by atoms with Crippen LogP contribution < -0.4 is 5.32 Å². The van der Waals surface area contributed by atoms with E-state index in [9.17, 15) is 4.79 Å². The van der Waals surface area contributed by atoms with E-state index in [-0.39, 0.29) is 5.97 Å². The number of rotatable bonds is 7. The summed E-state index contributed by atoms with van der Waals surface area (Å²) in [6.07, 6.45) is 1.42. The number of carbonyl (C=O) groups excluding carboxylic acids is 1. The van der Waals surface area contributed by atoms with Crippen LogP contribution in [0.3, 0.4) is 0 Å². The highest BCUT2D eigenvalue weighted by Crippen LogP contribution is 2.17. The molecule has 2 aromatic rings. The molecule has 1 aromatic heterocycles. The van der Waals surface area contributed by atoms with Gasteiger partial charge in [-0.15, -0.1) is 11.3 Å². The van der Waals surface area contributed by atoms with Gasteiger partial charge in [0.25, 0.3) is 0 Å². The molecule has 112 valence electrons. The fourth-order valence-electron chi connectivity index (χ4n) is 2.22. The molecule has 0 saturated heterocycles. The summed E-state index contributed by atoms with van der Waals surface area (Å²) >= 11 is 1.66. The van der Waals surface area contributed by atoms with E-state index in [0.29, 0.717) is 6.42 Å². The maximum atomic E-state index is 11.2. The maximum absolute atomic E-state index is 11.2. The van der Waals surface area contributed by atoms with Crippen LogP contribution in [-0.4, -0.2) is 13.1 Å². The molecule has 0 radical (unpaired) electrons. The zero-order valence-electron chi connectivity index (χ0n) is 12.5. The van der Waals surface area contributed by atoms with Crippen LogP contribution in [0, 0.1) is 0 Å². The monoisotopic (exact) mass is 303 g/mol. The van der Waals surface area contributed by atoms with Crippen molar-refractivity contribution in [3.63, 3.8) is 0 Å². The lowest BCUT2D eigenvalue weighted by Gasteiger charge is -2.08. The van der Waals surface area contributed by atoms with E-state index in [4.69, 9.17) is 0 Å². The van der Waals surface area contributed by atoms with Gasteiger partial charge in [0.1, 0.15) is 0 Å². The molecule has 0 saturated carbocycles. The molecule has 0 fully saturated rings. The Hall–Kier alpha value is -1.65. The molecular weight excluding hydrogens is 282 g/mol. The van der Waals surface area contributed by atoms with Crippen molar-refractivity contribution >= 4 is 17.3 Å². The van der Waals surface area contributed by atoms with Gasteiger partial charge in [-0.1, -0.05) is 31.2 Å². The third-order valence-corrected chi connectivity index (χ3v) is 4.46. The summed E-state index contributed by atoms with van der Waals surface area (Å²) in [5.41, 5.74) is 2.74. The lowest BCUT2D eigenvalue weighted by Crippen LogP contribution is -2.13. The summed E-state index contributed by atoms with van der Waals surface area (Å²) in [5.74, 6) is -0.187. The van der Waals surface area contributed by atoms with E-state index in [2.05, 4.69) is 47.3 Å². The molecule has 0 atom stereocenters. The van der Waals surface area contributed by atoms with Crippen LogP contribution >= 0.6 is 11.3 Å². The van der Waals surface area contributed by atoms with Crippen LogP contribution in [0.1, 0.15) is 27.8 Å². The van der Waals surface area contributed by atoms with Crippen molar-refractivity contribution in [3.8, 4) is 0 Å². The van der Waals surface area contributed by atoms with Crippen molar-refractivity contribution in [1.29, 1.82) is 0 Å². The first kappa shape index (κ1) is 15.7. The van der Waals surface area contributed by atoms with Crippen molar-refractivity contribution in [2.75, 3.05) is 7.11 Å². The standard InChI is InChI=1S/C17H21NO2S/c1-3-13-6-4-5-7-14(13)11-18-12-16-9-8-15(21-16)10-17(19)20-2/h4-9,18H,3,10-12H2,1-2H3. The number of nitrogens with one attached hydrogen (secondary N) is 1. The van der Waals surface area contributed by atoms with Crippen molar-refractivity contribution in [3.05, 3.63) is 57.3 Å². The van der Waals surface area contributed by atoms with Gasteiger partial charge in [-0.25, -0.2) is 0 Å². The number of thiophene rings is 1. The van der Waals surface area contributed by atoms with Gasteiger partial charge in [0.2, 0.25) is 0 Å². The van der Waals surface area contributed by atoms with Gasteiger partial charge in [-0.3, -0.25) is 4.79 Å². The number of aryl methyl sites for hydroxylation is 1. The number of esters is 1. The van der Waals surface area contributed by atoms with Gasteiger partial charge in [-0.05, 0) is 29.7 Å². The van der Waals surface area contributed by atoms with Gasteiger partial charge in [0.15, 0.2) is 0 Å². The number of carbonyl (C=O) groups is 1. The Bertz CT molecular complexity index is 592. The zero-order valence-corrected chi connectivity index (χ0v) is 13.3. The molecule has 3 nitrogen and oxygen atoms in total. The largest absolute Gasteiger partial charge is 0.469 e. The molecular formula is C17H21NO2S. The van der Waals surface area contributed by atoms with Crippen molar-refractivity contribution in [1.82, 2.24) is 5.32 Å². The average Bonchev–Trinajstić information content (AvgIpc) is 2.95. The SMILES string of the molecule is CCc1ccccc1CNCc1ccc(CC(=O)OC)s1. The van der Waals surface area contributed by atoms with E-state index >= 15 is 0 Å². The smallest absolute Gasteiger partial charge is 0.310 e. The third kappa shape index (κ3) is 4.69. The molecule has 0 aliphatic carbocycles. The van der Waals surface area contributed by atoms with Gasteiger partial charge in [0, 0.05) is 22.8 Å². The quantitative estimate of drug-likeness (QED) is 0.798. The maximum Gasteiger partial charge on any atom is 0.310 e. The fourth-order valence-corrected chi connectivity index (χ4v) is 3.20. The van der Waals surface area contributed by atoms with Gasteiger partial charge in [0.05, 0.1) is 13.5 Å². The first-order chi connectivity index (χ1) is 10.2. The van der Waals surface area contributed by atoms with Gasteiger partial charge < -0.3 is 10.1 Å². The molecule has 2 rings (SSSR count). The first-order valence-electron chi connectivity index (χ1n) is 7.14. The Balaban J connectivity index is 1.85. The predicted octanol–water partition coefficient (Wildman–Crippen LogP) is 3.32. The summed E-state index contributed by atoms with van der Waals surface area (Å²) in [6, 6.07) is 12.6. The number of hydrogen-bond donors (Lipinski definition) is 1. The topological polar surface area (TPSA) is 38.3 Å². The molecule has 1 N–H and O–H groups in total. The second kappa shape index (κ2) is 7.96. The molecule has 0 unspecified atom stereocenters. The molecule has 1 heterocycles. The van der Waals surface area contributed by atoms with Crippen molar-refractivity contribution < 1.29 is 9.53 Å². The van der Waals surface area contributed by atoms with Gasteiger partial charge in [-0.2, -0.15) is 0 Å². The average molecular weight is 303 g/mol. The van der Waals surface area contributed by atoms with Crippen LogP contribution in [0.4, 0.5) is 0 Å². The molecule has 0 aliphatic rings. The highest BCUT2D eigenvalue weighted by atomic mass is 32.1. The Morgan fingerprint density at radius 2 is 1.81 bits per heavy atom. The minimum Gasteiger partial charge on any atom is -0.469 e. The van der Waals surface area contributed by atoms with Crippen molar-refractivity contribution in [2.45, 2.75) is 32.9 Å². The second-order valence-electron chi connectivity index (χ2n) is 4.85.